The van der Waals surface area contributed by atoms with Crippen molar-refractivity contribution in [2.45, 2.75) is 25.3 Å². The van der Waals surface area contributed by atoms with Crippen LogP contribution in [0.3, 0.4) is 0 Å². The van der Waals surface area contributed by atoms with Gasteiger partial charge < -0.3 is 25.3 Å². The molecule has 2 aliphatic heterocycles. The maximum Gasteiger partial charge on any atom is 0.275 e. The number of anilines is 4. The Morgan fingerprint density at radius 1 is 1.06 bits per heavy atom. The first-order chi connectivity index (χ1) is 16.9. The summed E-state index contributed by atoms with van der Waals surface area (Å²) in [7, 11) is 3.98. The van der Waals surface area contributed by atoms with Gasteiger partial charge in [0, 0.05) is 75.8 Å². The van der Waals surface area contributed by atoms with Crippen LogP contribution in [-0.2, 0) is 7.05 Å². The normalized spacial score (nSPS) is 20.0. The van der Waals surface area contributed by atoms with E-state index >= 15 is 0 Å². The van der Waals surface area contributed by atoms with E-state index in [9.17, 15) is 4.79 Å². The van der Waals surface area contributed by atoms with Gasteiger partial charge >= 0.3 is 0 Å². The zero-order valence-corrected chi connectivity index (χ0v) is 20.8. The molecule has 184 valence electrons. The van der Waals surface area contributed by atoms with Crippen molar-refractivity contribution in [1.29, 1.82) is 0 Å². The van der Waals surface area contributed by atoms with Crippen LogP contribution in [0.25, 0.3) is 11.0 Å². The zero-order valence-electron chi connectivity index (χ0n) is 20.8. The summed E-state index contributed by atoms with van der Waals surface area (Å²) in [6.07, 6.45) is 4.09. The summed E-state index contributed by atoms with van der Waals surface area (Å²) in [5.41, 5.74) is 4.87. The summed E-state index contributed by atoms with van der Waals surface area (Å²) in [5, 5.41) is 7.72. The Hall–Kier alpha value is -3.17. The minimum Gasteiger partial charge on any atom is -0.369 e. The SMILES string of the molecule is Cc1cc(N2CCN(C)CC2)ccc1Nc1ncc2cc(N3CCNCC34CC4)c(=O)n(C)c2n1. The fourth-order valence-corrected chi connectivity index (χ4v) is 5.46. The third-order valence-electron chi connectivity index (χ3n) is 7.91. The second-order valence-corrected chi connectivity index (χ2v) is 10.3. The number of hydrogen-bond acceptors (Lipinski definition) is 8. The van der Waals surface area contributed by atoms with Crippen molar-refractivity contribution in [3.63, 3.8) is 0 Å². The van der Waals surface area contributed by atoms with Crippen LogP contribution in [-0.4, -0.2) is 77.8 Å². The number of likely N-dealkylation sites (N-methyl/N-ethyl adjacent to an activating group) is 1. The van der Waals surface area contributed by atoms with Crippen molar-refractivity contribution >= 4 is 34.0 Å². The van der Waals surface area contributed by atoms with Crippen molar-refractivity contribution in [3.05, 3.63) is 46.4 Å². The van der Waals surface area contributed by atoms with Gasteiger partial charge in [-0.05, 0) is 56.6 Å². The van der Waals surface area contributed by atoms with Crippen molar-refractivity contribution in [2.75, 3.05) is 68.0 Å². The van der Waals surface area contributed by atoms with Gasteiger partial charge in [0.2, 0.25) is 5.95 Å². The molecule has 0 atom stereocenters. The first-order valence-electron chi connectivity index (χ1n) is 12.6. The standard InChI is InChI=1S/C26H34N8O/c1-18-14-20(33-12-10-31(2)11-13-33)4-5-21(18)29-25-28-16-19-15-22(24(35)32(3)23(19)30-25)34-9-8-27-17-26(34)6-7-26/h4-5,14-16,27H,6-13,17H2,1-3H3,(H,28,29,30). The summed E-state index contributed by atoms with van der Waals surface area (Å²) in [6, 6.07) is 8.45. The Bertz CT molecular complexity index is 1320. The van der Waals surface area contributed by atoms with Crippen LogP contribution < -0.4 is 26.0 Å². The lowest BCUT2D eigenvalue weighted by molar-refractivity contribution is 0.313. The Kier molecular flexibility index (Phi) is 5.41. The Labute approximate surface area is 205 Å². The van der Waals surface area contributed by atoms with Gasteiger partial charge in [-0.2, -0.15) is 4.98 Å². The van der Waals surface area contributed by atoms with E-state index in [-0.39, 0.29) is 11.1 Å². The number of hydrogen-bond donors (Lipinski definition) is 2. The highest BCUT2D eigenvalue weighted by molar-refractivity contribution is 5.80. The van der Waals surface area contributed by atoms with Gasteiger partial charge in [-0.3, -0.25) is 9.36 Å². The third kappa shape index (κ3) is 4.02. The number of fused-ring (bicyclic) bond motifs is 1. The molecule has 1 aromatic carbocycles. The number of piperazine rings is 2. The maximum absolute atomic E-state index is 13.3. The van der Waals surface area contributed by atoms with Crippen molar-refractivity contribution in [1.82, 2.24) is 24.8 Å². The van der Waals surface area contributed by atoms with E-state index in [2.05, 4.69) is 62.5 Å². The summed E-state index contributed by atoms with van der Waals surface area (Å²) >= 11 is 0. The first-order valence-corrected chi connectivity index (χ1v) is 12.6. The summed E-state index contributed by atoms with van der Waals surface area (Å²) in [5.74, 6) is 0.497. The van der Waals surface area contributed by atoms with Crippen molar-refractivity contribution in [3.8, 4) is 0 Å². The Morgan fingerprint density at radius 2 is 1.86 bits per heavy atom. The van der Waals surface area contributed by atoms with Gasteiger partial charge in [0.15, 0.2) is 0 Å². The molecule has 6 rings (SSSR count). The van der Waals surface area contributed by atoms with Crippen LogP contribution in [0.1, 0.15) is 18.4 Å². The van der Waals surface area contributed by atoms with E-state index in [1.54, 1.807) is 4.57 Å². The van der Waals surface area contributed by atoms with Gasteiger partial charge in [-0.25, -0.2) is 4.98 Å². The number of aromatic nitrogens is 3. The molecule has 2 N–H and O–H groups in total. The van der Waals surface area contributed by atoms with E-state index in [1.165, 1.54) is 5.69 Å². The molecule has 3 aromatic rings. The number of aryl methyl sites for hydroxylation is 2. The van der Waals surface area contributed by atoms with E-state index in [0.29, 0.717) is 11.6 Å². The monoisotopic (exact) mass is 474 g/mol. The minimum absolute atomic E-state index is 0.00281. The second-order valence-electron chi connectivity index (χ2n) is 10.3. The lowest BCUT2D eigenvalue weighted by Crippen LogP contribution is -2.55. The number of nitrogens with one attached hydrogen (secondary N) is 2. The highest BCUT2D eigenvalue weighted by atomic mass is 16.1. The lowest BCUT2D eigenvalue weighted by Gasteiger charge is -2.38. The molecule has 0 unspecified atom stereocenters. The van der Waals surface area contributed by atoms with Crippen LogP contribution in [0.4, 0.5) is 23.0 Å². The number of benzene rings is 1. The molecule has 9 heteroatoms. The average Bonchev–Trinajstić information content (AvgIpc) is 3.63. The predicted molar refractivity (Wildman–Crippen MR) is 141 cm³/mol. The van der Waals surface area contributed by atoms with E-state index < -0.39 is 0 Å². The molecule has 1 spiro atoms. The molecular weight excluding hydrogens is 440 g/mol. The van der Waals surface area contributed by atoms with Gasteiger partial charge in [-0.1, -0.05) is 0 Å². The highest BCUT2D eigenvalue weighted by Gasteiger charge is 2.50. The van der Waals surface area contributed by atoms with Gasteiger partial charge in [-0.15, -0.1) is 0 Å². The van der Waals surface area contributed by atoms with E-state index in [0.717, 1.165) is 81.0 Å². The van der Waals surface area contributed by atoms with Gasteiger partial charge in [0.05, 0.1) is 5.54 Å². The molecule has 0 radical (unpaired) electrons. The minimum atomic E-state index is 0.00281. The Balaban J connectivity index is 1.26. The largest absolute Gasteiger partial charge is 0.369 e. The molecular formula is C26H34N8O. The second kappa shape index (κ2) is 8.49. The summed E-state index contributed by atoms with van der Waals surface area (Å²) in [6.45, 7) is 9.05. The molecule has 3 aliphatic rings. The highest BCUT2D eigenvalue weighted by Crippen LogP contribution is 2.44. The molecule has 0 amide bonds. The van der Waals surface area contributed by atoms with Crippen LogP contribution >= 0.6 is 0 Å². The average molecular weight is 475 g/mol. The van der Waals surface area contributed by atoms with E-state index in [4.69, 9.17) is 4.98 Å². The fourth-order valence-electron chi connectivity index (χ4n) is 5.46. The van der Waals surface area contributed by atoms with Crippen LogP contribution in [0.5, 0.6) is 0 Å². The van der Waals surface area contributed by atoms with Crippen LogP contribution in [0.15, 0.2) is 35.3 Å². The summed E-state index contributed by atoms with van der Waals surface area (Å²) < 4.78 is 1.67. The molecule has 0 bridgehead atoms. The first kappa shape index (κ1) is 22.3. The molecule has 4 heterocycles. The molecule has 9 nitrogen and oxygen atoms in total. The topological polar surface area (TPSA) is 81.6 Å². The summed E-state index contributed by atoms with van der Waals surface area (Å²) in [4.78, 5) is 29.8. The molecule has 3 fully saturated rings. The third-order valence-corrected chi connectivity index (χ3v) is 7.91. The molecule has 35 heavy (non-hydrogen) atoms. The van der Waals surface area contributed by atoms with Crippen LogP contribution in [0.2, 0.25) is 0 Å². The quantitative estimate of drug-likeness (QED) is 0.595. The van der Waals surface area contributed by atoms with Crippen molar-refractivity contribution in [2.24, 2.45) is 7.05 Å². The molecule has 1 saturated carbocycles. The van der Waals surface area contributed by atoms with Crippen LogP contribution in [0, 0.1) is 6.92 Å². The molecule has 2 aromatic heterocycles. The molecule has 2 saturated heterocycles. The predicted octanol–water partition coefficient (Wildman–Crippen LogP) is 2.07. The Morgan fingerprint density at radius 3 is 2.60 bits per heavy atom. The van der Waals surface area contributed by atoms with E-state index in [1.807, 2.05) is 19.3 Å². The van der Waals surface area contributed by atoms with Gasteiger partial charge in [0.1, 0.15) is 11.3 Å². The smallest absolute Gasteiger partial charge is 0.275 e. The fraction of sp³-hybridized carbons (Fsp3) is 0.500. The van der Waals surface area contributed by atoms with Crippen molar-refractivity contribution < 1.29 is 0 Å². The number of rotatable bonds is 4. The van der Waals surface area contributed by atoms with Gasteiger partial charge in [0.25, 0.3) is 5.56 Å². The number of pyridine rings is 1. The maximum atomic E-state index is 13.3. The lowest BCUT2D eigenvalue weighted by atomic mass is 10.1. The number of nitrogens with zero attached hydrogens (tertiary/aromatic N) is 6. The zero-order chi connectivity index (χ0) is 24.2. The molecule has 1 aliphatic carbocycles.